The number of ether oxygens (including phenoxy) is 2. The van der Waals surface area contributed by atoms with E-state index in [0.29, 0.717) is 6.04 Å². The summed E-state index contributed by atoms with van der Waals surface area (Å²) in [6.45, 7) is 5.00. The fraction of sp³-hybridized carbons (Fsp3) is 1.00. The molecule has 2 heterocycles. The predicted molar refractivity (Wildman–Crippen MR) is 79.5 cm³/mol. The van der Waals surface area contributed by atoms with Gasteiger partial charge in [-0.2, -0.15) is 0 Å². The van der Waals surface area contributed by atoms with Crippen molar-refractivity contribution in [2.75, 3.05) is 19.8 Å². The van der Waals surface area contributed by atoms with Gasteiger partial charge < -0.3 is 15.2 Å². The highest BCUT2D eigenvalue weighted by Crippen LogP contribution is 2.39. The maximum absolute atomic E-state index is 6.47. The highest BCUT2D eigenvalue weighted by Gasteiger charge is 2.47. The molecule has 1 aliphatic carbocycles. The SMILES string of the molecule is CCCC1CCCCN1C1CC2(CCC1N)OCCO2. The lowest BCUT2D eigenvalue weighted by Gasteiger charge is -2.49. The van der Waals surface area contributed by atoms with Crippen molar-refractivity contribution in [2.45, 2.75) is 82.2 Å². The van der Waals surface area contributed by atoms with E-state index in [4.69, 9.17) is 15.2 Å². The fourth-order valence-electron chi connectivity index (χ4n) is 4.38. The van der Waals surface area contributed by atoms with Crippen LogP contribution in [-0.4, -0.2) is 48.6 Å². The Morgan fingerprint density at radius 1 is 1.20 bits per heavy atom. The van der Waals surface area contributed by atoms with Crippen LogP contribution in [-0.2, 0) is 9.47 Å². The molecule has 1 saturated carbocycles. The molecule has 4 heteroatoms. The molecule has 0 amide bonds. The van der Waals surface area contributed by atoms with Gasteiger partial charge in [0.25, 0.3) is 0 Å². The molecule has 2 N–H and O–H groups in total. The van der Waals surface area contributed by atoms with Crippen molar-refractivity contribution in [3.8, 4) is 0 Å². The molecule has 1 spiro atoms. The summed E-state index contributed by atoms with van der Waals surface area (Å²) < 4.78 is 11.9. The molecule has 0 radical (unpaired) electrons. The smallest absolute Gasteiger partial charge is 0.170 e. The van der Waals surface area contributed by atoms with Crippen LogP contribution in [0.15, 0.2) is 0 Å². The minimum absolute atomic E-state index is 0.283. The lowest BCUT2D eigenvalue weighted by Crippen LogP contribution is -2.59. The molecule has 20 heavy (non-hydrogen) atoms. The largest absolute Gasteiger partial charge is 0.347 e. The van der Waals surface area contributed by atoms with Gasteiger partial charge in [-0.3, -0.25) is 4.90 Å². The van der Waals surface area contributed by atoms with Crippen LogP contribution in [0.5, 0.6) is 0 Å². The lowest BCUT2D eigenvalue weighted by molar-refractivity contribution is -0.194. The second kappa shape index (κ2) is 6.30. The Bertz CT molecular complexity index is 316. The van der Waals surface area contributed by atoms with Gasteiger partial charge in [0.2, 0.25) is 0 Å². The third-order valence-corrected chi connectivity index (χ3v) is 5.41. The van der Waals surface area contributed by atoms with E-state index < -0.39 is 0 Å². The zero-order chi connectivity index (χ0) is 14.0. The summed E-state index contributed by atoms with van der Waals surface area (Å²) >= 11 is 0. The number of rotatable bonds is 3. The molecular formula is C16H30N2O2. The van der Waals surface area contributed by atoms with Crippen LogP contribution in [0.2, 0.25) is 0 Å². The van der Waals surface area contributed by atoms with Crippen molar-refractivity contribution in [1.29, 1.82) is 0 Å². The van der Waals surface area contributed by atoms with Gasteiger partial charge in [0.15, 0.2) is 5.79 Å². The Morgan fingerprint density at radius 3 is 2.75 bits per heavy atom. The summed E-state index contributed by atoms with van der Waals surface area (Å²) in [6, 6.07) is 1.45. The van der Waals surface area contributed by atoms with E-state index in [0.717, 1.165) is 38.5 Å². The van der Waals surface area contributed by atoms with Gasteiger partial charge in [-0.1, -0.05) is 19.8 Å². The first-order valence-electron chi connectivity index (χ1n) is 8.53. The second-order valence-corrected chi connectivity index (χ2v) is 6.76. The van der Waals surface area contributed by atoms with Crippen LogP contribution in [0.1, 0.15) is 58.3 Å². The van der Waals surface area contributed by atoms with E-state index in [1.165, 1.54) is 38.6 Å². The van der Waals surface area contributed by atoms with Crippen molar-refractivity contribution < 1.29 is 9.47 Å². The second-order valence-electron chi connectivity index (χ2n) is 6.76. The van der Waals surface area contributed by atoms with Crippen molar-refractivity contribution in [1.82, 2.24) is 4.90 Å². The normalized spacial score (nSPS) is 38.4. The van der Waals surface area contributed by atoms with Crippen molar-refractivity contribution in [3.05, 3.63) is 0 Å². The molecule has 3 aliphatic rings. The van der Waals surface area contributed by atoms with Gasteiger partial charge in [0.1, 0.15) is 0 Å². The topological polar surface area (TPSA) is 47.7 Å². The Morgan fingerprint density at radius 2 is 2.00 bits per heavy atom. The molecule has 4 nitrogen and oxygen atoms in total. The summed E-state index contributed by atoms with van der Waals surface area (Å²) in [4.78, 5) is 2.70. The zero-order valence-electron chi connectivity index (χ0n) is 12.9. The highest BCUT2D eigenvalue weighted by molar-refractivity contribution is 4.97. The maximum Gasteiger partial charge on any atom is 0.170 e. The van der Waals surface area contributed by atoms with Crippen LogP contribution in [0.25, 0.3) is 0 Å². The van der Waals surface area contributed by atoms with Crippen LogP contribution in [0.3, 0.4) is 0 Å². The van der Waals surface area contributed by atoms with Crippen LogP contribution in [0.4, 0.5) is 0 Å². The summed E-state index contributed by atoms with van der Waals surface area (Å²) in [7, 11) is 0. The van der Waals surface area contributed by atoms with Crippen molar-refractivity contribution in [3.63, 3.8) is 0 Å². The molecule has 0 aromatic carbocycles. The number of hydrogen-bond acceptors (Lipinski definition) is 4. The van der Waals surface area contributed by atoms with E-state index >= 15 is 0 Å². The first-order valence-corrected chi connectivity index (χ1v) is 8.53. The van der Waals surface area contributed by atoms with Gasteiger partial charge >= 0.3 is 0 Å². The first kappa shape index (κ1) is 14.8. The van der Waals surface area contributed by atoms with E-state index in [9.17, 15) is 0 Å². The minimum Gasteiger partial charge on any atom is -0.347 e. The van der Waals surface area contributed by atoms with Crippen molar-refractivity contribution >= 4 is 0 Å². The summed E-state index contributed by atoms with van der Waals surface area (Å²) in [5.74, 6) is -0.311. The molecule has 0 aromatic rings. The number of likely N-dealkylation sites (tertiary alicyclic amines) is 1. The van der Waals surface area contributed by atoms with Gasteiger partial charge in [-0.05, 0) is 32.2 Å². The van der Waals surface area contributed by atoms with Gasteiger partial charge in [0.05, 0.1) is 13.2 Å². The molecule has 2 saturated heterocycles. The highest BCUT2D eigenvalue weighted by atomic mass is 16.7. The molecular weight excluding hydrogens is 252 g/mol. The molecule has 3 unspecified atom stereocenters. The molecule has 3 atom stereocenters. The lowest BCUT2D eigenvalue weighted by atomic mass is 9.82. The van der Waals surface area contributed by atoms with Crippen LogP contribution < -0.4 is 5.73 Å². The van der Waals surface area contributed by atoms with Crippen LogP contribution >= 0.6 is 0 Å². The van der Waals surface area contributed by atoms with Crippen molar-refractivity contribution in [2.24, 2.45) is 5.73 Å². The molecule has 3 fully saturated rings. The Balaban J connectivity index is 1.71. The molecule has 0 bridgehead atoms. The monoisotopic (exact) mass is 282 g/mol. The summed E-state index contributed by atoms with van der Waals surface area (Å²) in [5, 5.41) is 0. The summed E-state index contributed by atoms with van der Waals surface area (Å²) in [6.07, 6.45) is 9.57. The van der Waals surface area contributed by atoms with Crippen LogP contribution in [0, 0.1) is 0 Å². The average Bonchev–Trinajstić information content (AvgIpc) is 2.92. The quantitative estimate of drug-likeness (QED) is 0.862. The first-order chi connectivity index (χ1) is 9.74. The number of nitrogens with two attached hydrogens (primary N) is 1. The Labute approximate surface area is 123 Å². The van der Waals surface area contributed by atoms with Gasteiger partial charge in [-0.15, -0.1) is 0 Å². The van der Waals surface area contributed by atoms with E-state index in [1.54, 1.807) is 0 Å². The standard InChI is InChI=1S/C16H30N2O2/c1-2-5-13-6-3-4-9-18(13)15-12-16(8-7-14(15)17)19-10-11-20-16/h13-15H,2-12,17H2,1H3. The number of nitrogens with zero attached hydrogens (tertiary/aromatic N) is 1. The number of hydrogen-bond donors (Lipinski definition) is 1. The Kier molecular flexibility index (Phi) is 4.65. The molecule has 116 valence electrons. The number of piperidine rings is 1. The predicted octanol–water partition coefficient (Wildman–Crippen LogP) is 2.26. The average molecular weight is 282 g/mol. The fourth-order valence-corrected chi connectivity index (χ4v) is 4.38. The minimum atomic E-state index is -0.311. The van der Waals surface area contributed by atoms with E-state index in [1.807, 2.05) is 0 Å². The molecule has 0 aromatic heterocycles. The maximum atomic E-state index is 6.47. The molecule has 3 rings (SSSR count). The third-order valence-electron chi connectivity index (χ3n) is 5.41. The van der Waals surface area contributed by atoms with E-state index in [-0.39, 0.29) is 11.8 Å². The Hall–Kier alpha value is -0.160. The summed E-state index contributed by atoms with van der Waals surface area (Å²) in [5.41, 5.74) is 6.47. The van der Waals surface area contributed by atoms with Gasteiger partial charge in [0, 0.05) is 31.0 Å². The third kappa shape index (κ3) is 2.89. The van der Waals surface area contributed by atoms with Gasteiger partial charge in [-0.25, -0.2) is 0 Å². The molecule has 2 aliphatic heterocycles. The van der Waals surface area contributed by atoms with E-state index in [2.05, 4.69) is 11.8 Å². The zero-order valence-corrected chi connectivity index (χ0v) is 12.9.